The molecule has 6 nitrogen and oxygen atoms in total. The topological polar surface area (TPSA) is 61.1 Å². The molecule has 88 valence electrons. The van der Waals surface area contributed by atoms with Gasteiger partial charge in [0.25, 0.3) is 0 Å². The zero-order chi connectivity index (χ0) is 11.1. The van der Waals surface area contributed by atoms with E-state index in [0.29, 0.717) is 0 Å². The van der Waals surface area contributed by atoms with Crippen LogP contribution in [0.5, 0.6) is 0 Å². The summed E-state index contributed by atoms with van der Waals surface area (Å²) >= 11 is 0. The first kappa shape index (κ1) is 10.0. The van der Waals surface area contributed by atoms with Crippen molar-refractivity contribution >= 4 is 0 Å². The van der Waals surface area contributed by atoms with Crippen molar-refractivity contribution < 1.29 is 4.74 Å². The van der Waals surface area contributed by atoms with E-state index in [1.54, 1.807) is 11.6 Å². The molecule has 0 spiro atoms. The molecule has 0 bridgehead atoms. The average molecular weight is 224 g/mol. The fourth-order valence-electron chi connectivity index (χ4n) is 2.30. The summed E-state index contributed by atoms with van der Waals surface area (Å²) in [5.41, 5.74) is -0.0306. The predicted octanol–water partition coefficient (Wildman–Crippen LogP) is -0.422. The fourth-order valence-corrected chi connectivity index (χ4v) is 2.30. The maximum Gasteiger partial charge on any atom is 0.346 e. The Labute approximate surface area is 93.2 Å². The van der Waals surface area contributed by atoms with Crippen molar-refractivity contribution in [2.45, 2.75) is 25.0 Å². The maximum absolute atomic E-state index is 12.0. The highest BCUT2D eigenvalue weighted by Crippen LogP contribution is 2.28. The molecule has 0 radical (unpaired) electrons. The van der Waals surface area contributed by atoms with Crippen molar-refractivity contribution in [3.63, 3.8) is 0 Å². The highest BCUT2D eigenvalue weighted by atomic mass is 16.5. The van der Waals surface area contributed by atoms with Gasteiger partial charge in [0, 0.05) is 26.7 Å². The molecule has 16 heavy (non-hydrogen) atoms. The number of rotatable bonds is 2. The molecule has 0 aromatic carbocycles. The van der Waals surface area contributed by atoms with Gasteiger partial charge in [-0.05, 0) is 12.8 Å². The van der Waals surface area contributed by atoms with E-state index < -0.39 is 0 Å². The summed E-state index contributed by atoms with van der Waals surface area (Å²) in [7, 11) is 1.70. The van der Waals surface area contributed by atoms with Crippen LogP contribution < -0.4 is 11.0 Å². The van der Waals surface area contributed by atoms with Crippen molar-refractivity contribution in [1.82, 2.24) is 19.7 Å². The van der Waals surface area contributed by atoms with Crippen LogP contribution in [0.1, 0.15) is 30.8 Å². The first-order valence-corrected chi connectivity index (χ1v) is 5.75. The molecule has 2 aliphatic rings. The van der Waals surface area contributed by atoms with Crippen LogP contribution >= 0.6 is 0 Å². The predicted molar refractivity (Wildman–Crippen MR) is 57.3 cm³/mol. The van der Waals surface area contributed by atoms with Crippen molar-refractivity contribution in [3.05, 3.63) is 16.3 Å². The quantitative estimate of drug-likeness (QED) is 0.741. The van der Waals surface area contributed by atoms with Crippen molar-refractivity contribution in [2.24, 2.45) is 7.05 Å². The van der Waals surface area contributed by atoms with E-state index in [2.05, 4.69) is 10.4 Å². The van der Waals surface area contributed by atoms with Crippen LogP contribution in [-0.2, 0) is 11.8 Å². The summed E-state index contributed by atoms with van der Waals surface area (Å²) < 4.78 is 8.82. The van der Waals surface area contributed by atoms with E-state index in [1.807, 2.05) is 0 Å². The zero-order valence-corrected chi connectivity index (χ0v) is 9.35. The SMILES string of the molecule is Cn1nc([C@@H]2CCCO2)n(C2CNC2)c1=O. The van der Waals surface area contributed by atoms with Gasteiger partial charge in [-0.15, -0.1) is 0 Å². The third-order valence-electron chi connectivity index (χ3n) is 3.32. The molecular formula is C10H16N4O2. The lowest BCUT2D eigenvalue weighted by Gasteiger charge is -2.29. The summed E-state index contributed by atoms with van der Waals surface area (Å²) in [5.74, 6) is 0.802. The van der Waals surface area contributed by atoms with Crippen molar-refractivity contribution in [3.8, 4) is 0 Å². The van der Waals surface area contributed by atoms with Gasteiger partial charge in [0.15, 0.2) is 5.82 Å². The number of ether oxygens (including phenoxy) is 1. The molecule has 3 rings (SSSR count). The van der Waals surface area contributed by atoms with E-state index in [9.17, 15) is 4.79 Å². The number of nitrogens with one attached hydrogen (secondary N) is 1. The van der Waals surface area contributed by atoms with Crippen LogP contribution in [0.2, 0.25) is 0 Å². The monoisotopic (exact) mass is 224 g/mol. The molecule has 1 aromatic heterocycles. The van der Waals surface area contributed by atoms with Crippen LogP contribution in [0.15, 0.2) is 4.79 Å². The molecule has 3 heterocycles. The standard InChI is InChI=1S/C10H16N4O2/c1-13-10(15)14(7-5-11-6-7)9(12-13)8-3-2-4-16-8/h7-8,11H,2-6H2,1H3/t8-/m0/s1. The van der Waals surface area contributed by atoms with E-state index in [1.165, 1.54) is 4.68 Å². The van der Waals surface area contributed by atoms with Crippen LogP contribution in [0, 0.1) is 0 Å². The number of nitrogens with zero attached hydrogens (tertiary/aromatic N) is 3. The Morgan fingerprint density at radius 1 is 1.50 bits per heavy atom. The van der Waals surface area contributed by atoms with E-state index in [4.69, 9.17) is 4.74 Å². The largest absolute Gasteiger partial charge is 0.370 e. The minimum absolute atomic E-state index is 0.00880. The van der Waals surface area contributed by atoms with Crippen LogP contribution in [-0.4, -0.2) is 34.0 Å². The second kappa shape index (κ2) is 3.71. The lowest BCUT2D eigenvalue weighted by Crippen LogP contribution is -2.47. The van der Waals surface area contributed by atoms with Crippen LogP contribution in [0.25, 0.3) is 0 Å². The molecular weight excluding hydrogens is 208 g/mol. The zero-order valence-electron chi connectivity index (χ0n) is 9.35. The molecule has 0 saturated carbocycles. The first-order chi connectivity index (χ1) is 7.77. The Morgan fingerprint density at radius 3 is 2.88 bits per heavy atom. The van der Waals surface area contributed by atoms with Gasteiger partial charge in [0.2, 0.25) is 0 Å². The van der Waals surface area contributed by atoms with Gasteiger partial charge in [-0.2, -0.15) is 5.10 Å². The Morgan fingerprint density at radius 2 is 2.31 bits per heavy atom. The summed E-state index contributed by atoms with van der Waals surface area (Å²) in [5, 5.41) is 7.49. The molecule has 1 N–H and O–H groups in total. The number of hydrogen-bond acceptors (Lipinski definition) is 4. The van der Waals surface area contributed by atoms with Crippen molar-refractivity contribution in [2.75, 3.05) is 19.7 Å². The summed E-state index contributed by atoms with van der Waals surface area (Å²) in [6.45, 7) is 2.48. The van der Waals surface area contributed by atoms with Gasteiger partial charge >= 0.3 is 5.69 Å². The molecule has 1 aromatic rings. The van der Waals surface area contributed by atoms with Gasteiger partial charge in [-0.25, -0.2) is 9.48 Å². The molecule has 0 amide bonds. The number of aromatic nitrogens is 3. The lowest BCUT2D eigenvalue weighted by molar-refractivity contribution is 0.0979. The Balaban J connectivity index is 2.01. The molecule has 1 atom stereocenters. The Hall–Kier alpha value is -1.14. The summed E-state index contributed by atoms with van der Waals surface area (Å²) in [6.07, 6.45) is 2.03. The summed E-state index contributed by atoms with van der Waals surface area (Å²) in [4.78, 5) is 12.0. The van der Waals surface area contributed by atoms with Crippen molar-refractivity contribution in [1.29, 1.82) is 0 Å². The van der Waals surface area contributed by atoms with Crippen LogP contribution in [0.4, 0.5) is 0 Å². The molecule has 0 aliphatic carbocycles. The highest BCUT2D eigenvalue weighted by Gasteiger charge is 2.31. The fraction of sp³-hybridized carbons (Fsp3) is 0.800. The van der Waals surface area contributed by atoms with Gasteiger partial charge in [0.05, 0.1) is 6.04 Å². The van der Waals surface area contributed by atoms with Gasteiger partial charge in [-0.1, -0.05) is 0 Å². The lowest BCUT2D eigenvalue weighted by atomic mass is 10.1. The Bertz CT molecular complexity index is 440. The molecule has 2 fully saturated rings. The van der Waals surface area contributed by atoms with Gasteiger partial charge in [-0.3, -0.25) is 4.57 Å². The number of aryl methyl sites for hydroxylation is 1. The first-order valence-electron chi connectivity index (χ1n) is 5.75. The van der Waals surface area contributed by atoms with E-state index >= 15 is 0 Å². The molecule has 0 unspecified atom stereocenters. The number of hydrogen-bond donors (Lipinski definition) is 1. The molecule has 2 aliphatic heterocycles. The van der Waals surface area contributed by atoms with E-state index in [0.717, 1.165) is 38.4 Å². The van der Waals surface area contributed by atoms with Gasteiger partial charge in [0.1, 0.15) is 6.10 Å². The third kappa shape index (κ3) is 1.41. The summed E-state index contributed by atoms with van der Waals surface area (Å²) in [6, 6.07) is 0.250. The van der Waals surface area contributed by atoms with Crippen LogP contribution in [0.3, 0.4) is 0 Å². The maximum atomic E-state index is 12.0. The molecule has 6 heteroatoms. The Kier molecular flexibility index (Phi) is 2.33. The normalized spacial score (nSPS) is 25.9. The second-order valence-electron chi connectivity index (χ2n) is 4.45. The molecule has 2 saturated heterocycles. The highest BCUT2D eigenvalue weighted by molar-refractivity contribution is 5.00. The smallest absolute Gasteiger partial charge is 0.346 e. The van der Waals surface area contributed by atoms with Gasteiger partial charge < -0.3 is 10.1 Å². The van der Waals surface area contributed by atoms with E-state index in [-0.39, 0.29) is 17.8 Å². The average Bonchev–Trinajstić information content (AvgIpc) is 2.78. The minimum Gasteiger partial charge on any atom is -0.370 e. The third-order valence-corrected chi connectivity index (χ3v) is 3.32. The second-order valence-corrected chi connectivity index (χ2v) is 4.45. The minimum atomic E-state index is -0.0306.